The Morgan fingerprint density at radius 1 is 0.414 bits per heavy atom. The van der Waals surface area contributed by atoms with Crippen molar-refractivity contribution in [2.75, 3.05) is 0 Å². The Bertz CT molecular complexity index is 713. The predicted molar refractivity (Wildman–Crippen MR) is 112 cm³/mol. The maximum atomic E-state index is 3.89. The molecule has 156 valence electrons. The molecule has 0 radical (unpaired) electrons. The third kappa shape index (κ3) is 12.6. The minimum absolute atomic E-state index is 0. The van der Waals surface area contributed by atoms with Gasteiger partial charge in [0.05, 0.1) is 22.8 Å². The molecule has 4 rings (SSSR count). The molecule has 0 aromatic carbocycles. The Kier molecular flexibility index (Phi) is 12.5. The fraction of sp³-hybridized carbons (Fsp3) is 0.400. The van der Waals surface area contributed by atoms with E-state index < -0.39 is 0 Å². The first kappa shape index (κ1) is 26.6. The first-order valence-electron chi connectivity index (χ1n) is 9.10. The summed E-state index contributed by atoms with van der Waals surface area (Å²) >= 11 is 0. The van der Waals surface area contributed by atoms with Crippen molar-refractivity contribution in [1.29, 1.82) is 0 Å². The van der Waals surface area contributed by atoms with Gasteiger partial charge in [-0.05, 0) is 79.7 Å². The summed E-state index contributed by atoms with van der Waals surface area (Å²) in [6, 6.07) is 8.00. The Labute approximate surface area is 187 Å². The topological polar surface area (TPSA) is 115 Å². The van der Waals surface area contributed by atoms with Gasteiger partial charge in [-0.15, -0.1) is 0 Å². The van der Waals surface area contributed by atoms with Gasteiger partial charge in [0.1, 0.15) is 0 Å². The molecule has 4 aromatic heterocycles. The molecule has 0 fully saturated rings. The number of hydrogen-bond acceptors (Lipinski definition) is 4. The summed E-state index contributed by atoms with van der Waals surface area (Å²) in [5, 5.41) is 26.8. The molecule has 0 aliphatic rings. The first-order valence-corrected chi connectivity index (χ1v) is 9.10. The van der Waals surface area contributed by atoms with Crippen LogP contribution in [-0.4, -0.2) is 40.8 Å². The van der Waals surface area contributed by atoms with Gasteiger partial charge in [-0.25, -0.2) is 0 Å². The fourth-order valence-electron chi connectivity index (χ4n) is 2.22. The van der Waals surface area contributed by atoms with E-state index >= 15 is 0 Å². The van der Waals surface area contributed by atoms with Gasteiger partial charge in [-0.1, -0.05) is 0 Å². The smallest absolute Gasteiger partial charge is 0.0593 e. The number of H-pyrrole nitrogens is 4. The molecule has 0 saturated carbocycles. The van der Waals surface area contributed by atoms with Gasteiger partial charge < -0.3 is 0 Å². The van der Waals surface area contributed by atoms with Gasteiger partial charge in [-0.2, -0.15) is 20.4 Å². The molecule has 0 aliphatic heterocycles. The third-order valence-corrected chi connectivity index (χ3v) is 3.34. The van der Waals surface area contributed by atoms with Crippen molar-refractivity contribution >= 4 is 0 Å². The second-order valence-corrected chi connectivity index (χ2v) is 6.77. The summed E-state index contributed by atoms with van der Waals surface area (Å²) in [4.78, 5) is 0. The number of rotatable bonds is 0. The molecule has 4 heterocycles. The quantitative estimate of drug-likeness (QED) is 0.313. The average Bonchev–Trinajstić information content (AvgIpc) is 3.37. The number of aryl methyl sites for hydroxylation is 8. The van der Waals surface area contributed by atoms with Crippen molar-refractivity contribution < 1.29 is 21.7 Å². The molecular formula is C20H32N8Ti. The van der Waals surface area contributed by atoms with E-state index in [0.717, 1.165) is 45.6 Å². The standard InChI is InChI=1S/4C5H8N2.Ti/c4*1-4-3-5(2)7-6-4;/h4*3H,1-2H3,(H,6,7);. The van der Waals surface area contributed by atoms with Crippen molar-refractivity contribution in [2.45, 2.75) is 55.4 Å². The van der Waals surface area contributed by atoms with Crippen LogP contribution in [0.4, 0.5) is 0 Å². The van der Waals surface area contributed by atoms with Crippen molar-refractivity contribution in [3.05, 3.63) is 69.8 Å². The summed E-state index contributed by atoms with van der Waals surface area (Å²) in [7, 11) is 0. The second kappa shape index (κ2) is 13.7. The third-order valence-electron chi connectivity index (χ3n) is 3.34. The molecule has 8 nitrogen and oxygen atoms in total. The van der Waals surface area contributed by atoms with E-state index in [-0.39, 0.29) is 21.7 Å². The zero-order valence-electron chi connectivity index (χ0n) is 18.6. The zero-order chi connectivity index (χ0) is 21.1. The molecule has 0 saturated heterocycles. The van der Waals surface area contributed by atoms with Crippen molar-refractivity contribution in [3.63, 3.8) is 0 Å². The SMILES string of the molecule is Cc1cc(C)[nH]n1.Cc1cc(C)[nH]n1.Cc1cc(C)[nH]n1.Cc1cc(C)[nH]n1.[Ti]. The maximum absolute atomic E-state index is 3.89. The van der Waals surface area contributed by atoms with E-state index in [0.29, 0.717) is 0 Å². The van der Waals surface area contributed by atoms with E-state index in [1.165, 1.54) is 0 Å². The van der Waals surface area contributed by atoms with Crippen molar-refractivity contribution in [2.24, 2.45) is 0 Å². The van der Waals surface area contributed by atoms with Crippen LogP contribution in [-0.2, 0) is 21.7 Å². The van der Waals surface area contributed by atoms with Crippen LogP contribution < -0.4 is 0 Å². The Hall–Kier alpha value is -2.45. The number of aromatic amines is 4. The summed E-state index contributed by atoms with van der Waals surface area (Å²) in [5.74, 6) is 0. The van der Waals surface area contributed by atoms with Gasteiger partial charge in [0, 0.05) is 44.5 Å². The van der Waals surface area contributed by atoms with Gasteiger partial charge >= 0.3 is 0 Å². The van der Waals surface area contributed by atoms with Gasteiger partial charge in [0.2, 0.25) is 0 Å². The van der Waals surface area contributed by atoms with Crippen LogP contribution in [0.3, 0.4) is 0 Å². The Balaban J connectivity index is 0.000000356. The van der Waals surface area contributed by atoms with Crippen molar-refractivity contribution in [3.8, 4) is 0 Å². The monoisotopic (exact) mass is 432 g/mol. The van der Waals surface area contributed by atoms with Gasteiger partial charge in [0.25, 0.3) is 0 Å². The van der Waals surface area contributed by atoms with Crippen LogP contribution in [0.2, 0.25) is 0 Å². The van der Waals surface area contributed by atoms with Crippen LogP contribution in [0.15, 0.2) is 24.3 Å². The van der Waals surface area contributed by atoms with E-state index in [9.17, 15) is 0 Å². The molecule has 9 heteroatoms. The molecule has 0 atom stereocenters. The molecule has 29 heavy (non-hydrogen) atoms. The minimum atomic E-state index is 0. The number of aromatic nitrogens is 8. The fourth-order valence-corrected chi connectivity index (χ4v) is 2.22. The molecular weight excluding hydrogens is 400 g/mol. The first-order chi connectivity index (χ1) is 13.2. The van der Waals surface area contributed by atoms with Crippen LogP contribution >= 0.6 is 0 Å². The van der Waals surface area contributed by atoms with E-state index in [1.807, 2.05) is 79.7 Å². The number of nitrogens with one attached hydrogen (secondary N) is 4. The summed E-state index contributed by atoms with van der Waals surface area (Å²) in [5.41, 5.74) is 8.70. The summed E-state index contributed by atoms with van der Waals surface area (Å²) < 4.78 is 0. The van der Waals surface area contributed by atoms with Crippen LogP contribution in [0, 0.1) is 55.4 Å². The molecule has 0 spiro atoms. The van der Waals surface area contributed by atoms with Crippen LogP contribution in [0.25, 0.3) is 0 Å². The molecule has 0 aliphatic carbocycles. The molecule has 4 N–H and O–H groups in total. The maximum Gasteiger partial charge on any atom is 0.0593 e. The number of nitrogens with zero attached hydrogens (tertiary/aromatic N) is 4. The van der Waals surface area contributed by atoms with Crippen LogP contribution in [0.1, 0.15) is 45.6 Å². The minimum Gasteiger partial charge on any atom is -0.283 e. The molecule has 0 unspecified atom stereocenters. The van der Waals surface area contributed by atoms with Gasteiger partial charge in [-0.3, -0.25) is 20.4 Å². The summed E-state index contributed by atoms with van der Waals surface area (Å²) in [6.45, 7) is 15.8. The Morgan fingerprint density at radius 3 is 0.621 bits per heavy atom. The molecule has 0 bridgehead atoms. The van der Waals surface area contributed by atoms with Crippen molar-refractivity contribution in [1.82, 2.24) is 40.8 Å². The predicted octanol–water partition coefficient (Wildman–Crippen LogP) is 4.10. The Morgan fingerprint density at radius 2 is 0.586 bits per heavy atom. The summed E-state index contributed by atoms with van der Waals surface area (Å²) in [6.07, 6.45) is 0. The average molecular weight is 432 g/mol. The van der Waals surface area contributed by atoms with E-state index in [2.05, 4.69) is 40.8 Å². The van der Waals surface area contributed by atoms with Gasteiger partial charge in [0.15, 0.2) is 0 Å². The van der Waals surface area contributed by atoms with E-state index in [1.54, 1.807) is 0 Å². The molecule has 0 amide bonds. The second-order valence-electron chi connectivity index (χ2n) is 6.77. The largest absolute Gasteiger partial charge is 0.283 e. The number of hydrogen-bond donors (Lipinski definition) is 4. The molecule has 4 aromatic rings. The van der Waals surface area contributed by atoms with E-state index in [4.69, 9.17) is 0 Å². The normalized spacial score (nSPS) is 9.10. The van der Waals surface area contributed by atoms with Crippen LogP contribution in [0.5, 0.6) is 0 Å². The zero-order valence-corrected chi connectivity index (χ0v) is 20.2.